The van der Waals surface area contributed by atoms with E-state index in [1.807, 2.05) is 6.92 Å². The lowest BCUT2D eigenvalue weighted by atomic mass is 10.1. The fraction of sp³-hybridized carbons (Fsp3) is 0.818. The van der Waals surface area contributed by atoms with Crippen molar-refractivity contribution in [2.24, 2.45) is 5.92 Å². The molecule has 1 unspecified atom stereocenters. The van der Waals surface area contributed by atoms with Crippen molar-refractivity contribution in [3.63, 3.8) is 0 Å². The highest BCUT2D eigenvalue weighted by molar-refractivity contribution is 5.78. The van der Waals surface area contributed by atoms with E-state index in [9.17, 15) is 9.59 Å². The highest BCUT2D eigenvalue weighted by Crippen LogP contribution is 2.33. The Kier molecular flexibility index (Phi) is 4.12. The smallest absolute Gasteiger partial charge is 0.305 e. The third-order valence-electron chi connectivity index (χ3n) is 2.82. The number of amides is 1. The Morgan fingerprint density at radius 2 is 2.07 bits per heavy atom. The second-order valence-electron chi connectivity index (χ2n) is 4.27. The first-order valence-electron chi connectivity index (χ1n) is 5.55. The lowest BCUT2D eigenvalue weighted by Crippen LogP contribution is -2.39. The molecule has 86 valence electrons. The zero-order valence-electron chi connectivity index (χ0n) is 9.40. The molecule has 0 heterocycles. The van der Waals surface area contributed by atoms with Crippen molar-refractivity contribution in [2.45, 2.75) is 45.6 Å². The topological polar surface area (TPSA) is 57.6 Å². The predicted molar refractivity (Wildman–Crippen MR) is 56.4 cm³/mol. The van der Waals surface area contributed by atoms with Crippen LogP contribution in [-0.4, -0.2) is 34.5 Å². The van der Waals surface area contributed by atoms with E-state index < -0.39 is 5.97 Å². The third kappa shape index (κ3) is 3.90. The van der Waals surface area contributed by atoms with Crippen LogP contribution in [0.3, 0.4) is 0 Å². The van der Waals surface area contributed by atoms with Crippen molar-refractivity contribution in [1.29, 1.82) is 0 Å². The van der Waals surface area contributed by atoms with Crippen molar-refractivity contribution >= 4 is 11.9 Å². The summed E-state index contributed by atoms with van der Waals surface area (Å²) in [5.41, 5.74) is 0. The summed E-state index contributed by atoms with van der Waals surface area (Å²) in [5.74, 6) is -0.183. The molecule has 1 fully saturated rings. The van der Waals surface area contributed by atoms with Gasteiger partial charge in [-0.2, -0.15) is 0 Å². The summed E-state index contributed by atoms with van der Waals surface area (Å²) in [7, 11) is 0. The van der Waals surface area contributed by atoms with Crippen molar-refractivity contribution in [1.82, 2.24) is 4.90 Å². The Morgan fingerprint density at radius 1 is 1.47 bits per heavy atom. The first-order chi connectivity index (χ1) is 7.04. The molecule has 0 aromatic heterocycles. The van der Waals surface area contributed by atoms with Crippen LogP contribution in [0.2, 0.25) is 0 Å². The Bertz CT molecular complexity index is 248. The van der Waals surface area contributed by atoms with E-state index in [0.717, 1.165) is 12.8 Å². The first kappa shape index (κ1) is 12.0. The average Bonchev–Trinajstić information content (AvgIpc) is 2.87. The van der Waals surface area contributed by atoms with Crippen LogP contribution >= 0.6 is 0 Å². The molecule has 0 bridgehead atoms. The summed E-state index contributed by atoms with van der Waals surface area (Å²) in [4.78, 5) is 24.0. The van der Waals surface area contributed by atoms with Crippen LogP contribution in [0.15, 0.2) is 0 Å². The van der Waals surface area contributed by atoms with Gasteiger partial charge in [-0.05, 0) is 32.6 Å². The molecule has 4 heteroatoms. The minimum atomic E-state index is -0.847. The third-order valence-corrected chi connectivity index (χ3v) is 2.82. The number of carbonyl (C=O) groups is 2. The van der Waals surface area contributed by atoms with Gasteiger partial charge in [0, 0.05) is 19.0 Å². The molecule has 0 spiro atoms. The molecule has 1 N–H and O–H groups in total. The molecule has 1 aliphatic carbocycles. The Labute approximate surface area is 90.3 Å². The Balaban J connectivity index is 2.44. The molecule has 1 atom stereocenters. The molecule has 0 aliphatic heterocycles. The van der Waals surface area contributed by atoms with Crippen LogP contribution in [0.1, 0.15) is 39.5 Å². The maximum Gasteiger partial charge on any atom is 0.305 e. The first-order valence-corrected chi connectivity index (χ1v) is 5.55. The number of carboxylic acid groups (broad SMARTS) is 1. The van der Waals surface area contributed by atoms with Crippen molar-refractivity contribution in [3.05, 3.63) is 0 Å². The lowest BCUT2D eigenvalue weighted by Gasteiger charge is -2.27. The molecule has 4 nitrogen and oxygen atoms in total. The van der Waals surface area contributed by atoms with Crippen LogP contribution in [0, 0.1) is 5.92 Å². The highest BCUT2D eigenvalue weighted by atomic mass is 16.4. The molecule has 0 radical (unpaired) electrons. The molecule has 1 aliphatic rings. The van der Waals surface area contributed by atoms with Gasteiger partial charge in [0.25, 0.3) is 0 Å². The van der Waals surface area contributed by atoms with Gasteiger partial charge in [0.15, 0.2) is 0 Å². The summed E-state index contributed by atoms with van der Waals surface area (Å²) in [6.45, 7) is 4.28. The number of hydrogen-bond acceptors (Lipinski definition) is 2. The standard InChI is InChI=1S/C11H19NO3/c1-3-12(8(2)6-11(14)15)10(13)7-9-4-5-9/h8-9H,3-7H2,1-2H3,(H,14,15). The summed E-state index contributed by atoms with van der Waals surface area (Å²) < 4.78 is 0. The zero-order valence-corrected chi connectivity index (χ0v) is 9.40. The molecule has 1 saturated carbocycles. The normalized spacial score (nSPS) is 17.2. The minimum Gasteiger partial charge on any atom is -0.481 e. The van der Waals surface area contributed by atoms with Crippen LogP contribution in [0.4, 0.5) is 0 Å². The number of carbonyl (C=O) groups excluding carboxylic acids is 1. The molecule has 0 aromatic carbocycles. The monoisotopic (exact) mass is 213 g/mol. The molecule has 15 heavy (non-hydrogen) atoms. The van der Waals surface area contributed by atoms with Crippen LogP contribution in [0.5, 0.6) is 0 Å². The van der Waals surface area contributed by atoms with Crippen LogP contribution in [-0.2, 0) is 9.59 Å². The van der Waals surface area contributed by atoms with Crippen molar-refractivity contribution < 1.29 is 14.7 Å². The average molecular weight is 213 g/mol. The van der Waals surface area contributed by atoms with Crippen molar-refractivity contribution in [3.8, 4) is 0 Å². The van der Waals surface area contributed by atoms with Gasteiger partial charge in [0.05, 0.1) is 6.42 Å². The lowest BCUT2D eigenvalue weighted by molar-refractivity contribution is -0.140. The van der Waals surface area contributed by atoms with E-state index in [-0.39, 0.29) is 18.4 Å². The Hall–Kier alpha value is -1.06. The van der Waals surface area contributed by atoms with E-state index in [4.69, 9.17) is 5.11 Å². The van der Waals surface area contributed by atoms with E-state index in [1.54, 1.807) is 11.8 Å². The molecule has 0 saturated heterocycles. The van der Waals surface area contributed by atoms with E-state index in [0.29, 0.717) is 18.9 Å². The summed E-state index contributed by atoms with van der Waals surface area (Å²) >= 11 is 0. The number of nitrogens with zero attached hydrogens (tertiary/aromatic N) is 1. The van der Waals surface area contributed by atoms with Gasteiger partial charge < -0.3 is 10.0 Å². The molecular weight excluding hydrogens is 194 g/mol. The van der Waals surface area contributed by atoms with Gasteiger partial charge in [-0.3, -0.25) is 9.59 Å². The van der Waals surface area contributed by atoms with Gasteiger partial charge in [0.1, 0.15) is 0 Å². The molecular formula is C11H19NO3. The second kappa shape index (κ2) is 5.14. The van der Waals surface area contributed by atoms with E-state index >= 15 is 0 Å². The maximum atomic E-state index is 11.8. The van der Waals surface area contributed by atoms with E-state index in [1.165, 1.54) is 0 Å². The zero-order chi connectivity index (χ0) is 11.4. The Morgan fingerprint density at radius 3 is 2.47 bits per heavy atom. The van der Waals surface area contributed by atoms with Gasteiger partial charge in [-0.25, -0.2) is 0 Å². The van der Waals surface area contributed by atoms with Crippen molar-refractivity contribution in [2.75, 3.05) is 6.54 Å². The fourth-order valence-electron chi connectivity index (χ4n) is 1.78. The van der Waals surface area contributed by atoms with Crippen LogP contribution in [0.25, 0.3) is 0 Å². The van der Waals surface area contributed by atoms with Gasteiger partial charge in [0.2, 0.25) is 5.91 Å². The second-order valence-corrected chi connectivity index (χ2v) is 4.27. The molecule has 1 rings (SSSR count). The maximum absolute atomic E-state index is 11.8. The van der Waals surface area contributed by atoms with Gasteiger partial charge in [-0.15, -0.1) is 0 Å². The summed E-state index contributed by atoms with van der Waals surface area (Å²) in [6, 6.07) is -0.196. The fourth-order valence-corrected chi connectivity index (χ4v) is 1.78. The number of rotatable bonds is 6. The number of hydrogen-bond donors (Lipinski definition) is 1. The van der Waals surface area contributed by atoms with E-state index in [2.05, 4.69) is 0 Å². The molecule has 0 aromatic rings. The number of carboxylic acids is 1. The highest BCUT2D eigenvalue weighted by Gasteiger charge is 2.28. The summed E-state index contributed by atoms with van der Waals surface area (Å²) in [5, 5.41) is 8.67. The SMILES string of the molecule is CCN(C(=O)CC1CC1)C(C)CC(=O)O. The summed E-state index contributed by atoms with van der Waals surface area (Å²) in [6.07, 6.45) is 2.93. The molecule has 1 amide bonds. The predicted octanol–water partition coefficient (Wildman–Crippen LogP) is 1.50. The van der Waals surface area contributed by atoms with Gasteiger partial charge in [-0.1, -0.05) is 0 Å². The largest absolute Gasteiger partial charge is 0.481 e. The van der Waals surface area contributed by atoms with Crippen LogP contribution < -0.4 is 0 Å². The number of aliphatic carboxylic acids is 1. The van der Waals surface area contributed by atoms with Gasteiger partial charge >= 0.3 is 5.97 Å². The minimum absolute atomic E-state index is 0.0320. The quantitative estimate of drug-likeness (QED) is 0.727.